The van der Waals surface area contributed by atoms with Crippen LogP contribution in [0, 0.1) is 11.8 Å². The molecule has 1 unspecified atom stereocenters. The van der Waals surface area contributed by atoms with Crippen LogP contribution in [-0.2, 0) is 0 Å². The van der Waals surface area contributed by atoms with Crippen LogP contribution in [0.25, 0.3) is 0 Å². The molecule has 0 saturated heterocycles. The van der Waals surface area contributed by atoms with Crippen LogP contribution in [0.5, 0.6) is 0 Å². The van der Waals surface area contributed by atoms with Gasteiger partial charge in [0.05, 0.1) is 0 Å². The molecule has 0 aromatic heterocycles. The standard InChI is InChI=1S/C14H28/c1-3-5-7-10-13(9-6-4-2)14-11-8-12-14/h13-14H,3-12H2,1-2H3. The minimum Gasteiger partial charge on any atom is -0.0654 e. The van der Waals surface area contributed by atoms with Gasteiger partial charge in [-0.15, -0.1) is 0 Å². The second-order valence-corrected chi connectivity index (χ2v) is 5.09. The first-order chi connectivity index (χ1) is 6.88. The first-order valence-electron chi connectivity index (χ1n) is 6.88. The van der Waals surface area contributed by atoms with Gasteiger partial charge >= 0.3 is 0 Å². The van der Waals surface area contributed by atoms with Gasteiger partial charge in [0.15, 0.2) is 0 Å². The largest absolute Gasteiger partial charge is 0.0654 e. The first-order valence-corrected chi connectivity index (χ1v) is 6.88. The van der Waals surface area contributed by atoms with Crippen LogP contribution in [0.3, 0.4) is 0 Å². The van der Waals surface area contributed by atoms with Crippen molar-refractivity contribution in [3.05, 3.63) is 0 Å². The minimum absolute atomic E-state index is 1.09. The molecule has 0 aromatic rings. The van der Waals surface area contributed by atoms with E-state index < -0.39 is 0 Å². The molecule has 0 spiro atoms. The second-order valence-electron chi connectivity index (χ2n) is 5.09. The molecule has 0 heterocycles. The van der Waals surface area contributed by atoms with Crippen molar-refractivity contribution in [3.8, 4) is 0 Å². The molecule has 1 rings (SSSR count). The summed E-state index contributed by atoms with van der Waals surface area (Å²) in [5.41, 5.74) is 0. The van der Waals surface area contributed by atoms with Gasteiger partial charge in [-0.05, 0) is 11.8 Å². The molecule has 1 saturated carbocycles. The number of hydrogen-bond donors (Lipinski definition) is 0. The first kappa shape index (κ1) is 12.1. The smallest absolute Gasteiger partial charge is 0.0386 e. The molecule has 1 aliphatic carbocycles. The summed E-state index contributed by atoms with van der Waals surface area (Å²) < 4.78 is 0. The van der Waals surface area contributed by atoms with Crippen LogP contribution >= 0.6 is 0 Å². The van der Waals surface area contributed by atoms with E-state index in [2.05, 4.69) is 13.8 Å². The fourth-order valence-electron chi connectivity index (χ4n) is 2.65. The third-order valence-corrected chi connectivity index (χ3v) is 3.92. The molecule has 0 bridgehead atoms. The monoisotopic (exact) mass is 196 g/mol. The van der Waals surface area contributed by atoms with E-state index in [4.69, 9.17) is 0 Å². The van der Waals surface area contributed by atoms with Crippen molar-refractivity contribution in [2.24, 2.45) is 11.8 Å². The van der Waals surface area contributed by atoms with E-state index in [0.717, 1.165) is 11.8 Å². The Kier molecular flexibility index (Phi) is 6.31. The Morgan fingerprint density at radius 1 is 0.929 bits per heavy atom. The molecule has 1 atom stereocenters. The zero-order valence-corrected chi connectivity index (χ0v) is 10.2. The van der Waals surface area contributed by atoms with Crippen molar-refractivity contribution < 1.29 is 0 Å². The van der Waals surface area contributed by atoms with Gasteiger partial charge in [-0.2, -0.15) is 0 Å². The third kappa shape index (κ3) is 4.02. The van der Waals surface area contributed by atoms with Crippen LogP contribution in [0.2, 0.25) is 0 Å². The topological polar surface area (TPSA) is 0 Å². The predicted molar refractivity (Wildman–Crippen MR) is 64.5 cm³/mol. The molecule has 0 radical (unpaired) electrons. The Hall–Kier alpha value is 0. The maximum absolute atomic E-state index is 2.32. The predicted octanol–water partition coefficient (Wildman–Crippen LogP) is 5.17. The van der Waals surface area contributed by atoms with Crippen LogP contribution in [0.4, 0.5) is 0 Å². The number of rotatable bonds is 8. The highest BCUT2D eigenvalue weighted by molar-refractivity contribution is 4.77. The van der Waals surface area contributed by atoms with E-state index in [9.17, 15) is 0 Å². The summed E-state index contributed by atoms with van der Waals surface area (Å²) in [5, 5.41) is 0. The summed E-state index contributed by atoms with van der Waals surface area (Å²) in [6.07, 6.45) is 14.8. The van der Waals surface area contributed by atoms with Gasteiger partial charge in [-0.3, -0.25) is 0 Å². The van der Waals surface area contributed by atoms with Crippen LogP contribution in [0.15, 0.2) is 0 Å². The summed E-state index contributed by atoms with van der Waals surface area (Å²) in [5.74, 6) is 2.22. The lowest BCUT2D eigenvalue weighted by atomic mass is 9.72. The normalized spacial score (nSPS) is 19.3. The highest BCUT2D eigenvalue weighted by Gasteiger charge is 2.25. The van der Waals surface area contributed by atoms with Crippen molar-refractivity contribution >= 4 is 0 Å². The average Bonchev–Trinajstić information content (AvgIpc) is 2.11. The molecule has 0 amide bonds. The highest BCUT2D eigenvalue weighted by Crippen LogP contribution is 2.38. The Morgan fingerprint density at radius 2 is 1.57 bits per heavy atom. The van der Waals surface area contributed by atoms with Gasteiger partial charge in [0.2, 0.25) is 0 Å². The molecule has 0 heteroatoms. The minimum atomic E-state index is 1.09. The van der Waals surface area contributed by atoms with E-state index in [1.807, 2.05) is 0 Å². The molecule has 0 aliphatic heterocycles. The Bertz CT molecular complexity index is 124. The van der Waals surface area contributed by atoms with Crippen LogP contribution < -0.4 is 0 Å². The van der Waals surface area contributed by atoms with Gasteiger partial charge in [-0.25, -0.2) is 0 Å². The molecular weight excluding hydrogens is 168 g/mol. The summed E-state index contributed by atoms with van der Waals surface area (Å²) in [4.78, 5) is 0. The number of unbranched alkanes of at least 4 members (excludes halogenated alkanes) is 3. The summed E-state index contributed by atoms with van der Waals surface area (Å²) in [6.45, 7) is 4.63. The van der Waals surface area contributed by atoms with E-state index in [1.54, 1.807) is 12.8 Å². The lowest BCUT2D eigenvalue weighted by Crippen LogP contribution is -2.22. The quantitative estimate of drug-likeness (QED) is 0.470. The third-order valence-electron chi connectivity index (χ3n) is 3.92. The molecule has 0 aromatic carbocycles. The maximum Gasteiger partial charge on any atom is -0.0386 e. The van der Waals surface area contributed by atoms with Crippen LogP contribution in [0.1, 0.15) is 78.1 Å². The van der Waals surface area contributed by atoms with Crippen molar-refractivity contribution in [2.75, 3.05) is 0 Å². The van der Waals surface area contributed by atoms with Gasteiger partial charge in [0.25, 0.3) is 0 Å². The van der Waals surface area contributed by atoms with Crippen molar-refractivity contribution in [1.82, 2.24) is 0 Å². The fourth-order valence-corrected chi connectivity index (χ4v) is 2.65. The van der Waals surface area contributed by atoms with Crippen molar-refractivity contribution in [2.45, 2.75) is 78.1 Å². The molecule has 0 nitrogen and oxygen atoms in total. The zero-order chi connectivity index (χ0) is 10.2. The molecular formula is C14H28. The molecule has 14 heavy (non-hydrogen) atoms. The second kappa shape index (κ2) is 7.31. The Balaban J connectivity index is 2.14. The summed E-state index contributed by atoms with van der Waals surface area (Å²) in [7, 11) is 0. The maximum atomic E-state index is 2.32. The van der Waals surface area contributed by atoms with Crippen molar-refractivity contribution in [1.29, 1.82) is 0 Å². The highest BCUT2D eigenvalue weighted by atomic mass is 14.3. The van der Waals surface area contributed by atoms with E-state index in [-0.39, 0.29) is 0 Å². The average molecular weight is 196 g/mol. The van der Waals surface area contributed by atoms with Gasteiger partial charge in [0.1, 0.15) is 0 Å². The van der Waals surface area contributed by atoms with Crippen LogP contribution in [-0.4, -0.2) is 0 Å². The summed E-state index contributed by atoms with van der Waals surface area (Å²) >= 11 is 0. The zero-order valence-electron chi connectivity index (χ0n) is 10.2. The van der Waals surface area contributed by atoms with Gasteiger partial charge < -0.3 is 0 Å². The SMILES string of the molecule is CCCCCC(CCCC)C1CCC1. The lowest BCUT2D eigenvalue weighted by molar-refractivity contribution is 0.179. The lowest BCUT2D eigenvalue weighted by Gasteiger charge is -2.34. The van der Waals surface area contributed by atoms with Gasteiger partial charge in [0, 0.05) is 0 Å². The number of hydrogen-bond acceptors (Lipinski definition) is 0. The molecule has 0 N–H and O–H groups in total. The van der Waals surface area contributed by atoms with Crippen molar-refractivity contribution in [3.63, 3.8) is 0 Å². The molecule has 84 valence electrons. The fraction of sp³-hybridized carbons (Fsp3) is 1.00. The van der Waals surface area contributed by atoms with Gasteiger partial charge in [-0.1, -0.05) is 78.1 Å². The van der Waals surface area contributed by atoms with E-state index in [0.29, 0.717) is 0 Å². The van der Waals surface area contributed by atoms with E-state index >= 15 is 0 Å². The summed E-state index contributed by atoms with van der Waals surface area (Å²) in [6, 6.07) is 0. The Morgan fingerprint density at radius 3 is 2.07 bits per heavy atom. The molecule has 1 aliphatic rings. The Labute approximate surface area is 90.5 Å². The van der Waals surface area contributed by atoms with E-state index in [1.165, 1.54) is 51.4 Å². The molecule has 1 fully saturated rings.